The van der Waals surface area contributed by atoms with E-state index in [1.807, 2.05) is 18.2 Å². The van der Waals surface area contributed by atoms with Crippen molar-refractivity contribution in [1.82, 2.24) is 5.32 Å². The Labute approximate surface area is 125 Å². The zero-order valence-electron chi connectivity index (χ0n) is 11.3. The molecule has 2 atom stereocenters. The van der Waals surface area contributed by atoms with Gasteiger partial charge >= 0.3 is 0 Å². The Balaban J connectivity index is 2.05. The summed E-state index contributed by atoms with van der Waals surface area (Å²) >= 11 is 12.2. The van der Waals surface area contributed by atoms with Crippen LogP contribution in [0.3, 0.4) is 0 Å². The van der Waals surface area contributed by atoms with E-state index in [1.54, 1.807) is 0 Å². The predicted molar refractivity (Wildman–Crippen MR) is 81.2 cm³/mol. The van der Waals surface area contributed by atoms with Gasteiger partial charge in [0.05, 0.1) is 6.61 Å². The average Bonchev–Trinajstić information content (AvgIpc) is 2.90. The van der Waals surface area contributed by atoms with E-state index in [1.165, 1.54) is 0 Å². The van der Waals surface area contributed by atoms with Gasteiger partial charge in [0.15, 0.2) is 0 Å². The fourth-order valence-corrected chi connectivity index (χ4v) is 3.02. The van der Waals surface area contributed by atoms with Gasteiger partial charge in [0.25, 0.3) is 0 Å². The molecule has 1 aromatic carbocycles. The summed E-state index contributed by atoms with van der Waals surface area (Å²) in [7, 11) is 0. The molecule has 2 unspecified atom stereocenters. The van der Waals surface area contributed by atoms with Crippen molar-refractivity contribution in [2.45, 2.75) is 32.2 Å². The lowest BCUT2D eigenvalue weighted by Crippen LogP contribution is -2.39. The highest BCUT2D eigenvalue weighted by Crippen LogP contribution is 2.25. The summed E-state index contributed by atoms with van der Waals surface area (Å²) in [5.41, 5.74) is 1.16. The minimum atomic E-state index is 0.432. The van der Waals surface area contributed by atoms with Crippen LogP contribution in [-0.4, -0.2) is 25.8 Å². The zero-order valence-corrected chi connectivity index (χ0v) is 12.8. The molecule has 1 saturated heterocycles. The van der Waals surface area contributed by atoms with Crippen molar-refractivity contribution in [1.29, 1.82) is 0 Å². The molecule has 0 amide bonds. The van der Waals surface area contributed by atoms with Crippen LogP contribution in [0.1, 0.15) is 25.3 Å². The van der Waals surface area contributed by atoms with Crippen LogP contribution in [0.15, 0.2) is 18.2 Å². The largest absolute Gasteiger partial charge is 0.381 e. The molecule has 0 saturated carbocycles. The fourth-order valence-electron chi connectivity index (χ4n) is 2.53. The van der Waals surface area contributed by atoms with Crippen LogP contribution in [0.5, 0.6) is 0 Å². The molecule has 0 radical (unpaired) electrons. The molecule has 4 heteroatoms. The van der Waals surface area contributed by atoms with Gasteiger partial charge in [-0.3, -0.25) is 0 Å². The highest BCUT2D eigenvalue weighted by atomic mass is 35.5. The monoisotopic (exact) mass is 301 g/mol. The van der Waals surface area contributed by atoms with Crippen LogP contribution in [0, 0.1) is 5.92 Å². The molecule has 0 aliphatic carbocycles. The molecular formula is C15H21Cl2NO. The third kappa shape index (κ3) is 4.35. The van der Waals surface area contributed by atoms with E-state index in [0.717, 1.165) is 49.6 Å². The molecule has 0 spiro atoms. The van der Waals surface area contributed by atoms with Gasteiger partial charge in [-0.05, 0) is 43.5 Å². The first kappa shape index (κ1) is 15.1. The van der Waals surface area contributed by atoms with Gasteiger partial charge in [-0.25, -0.2) is 0 Å². The van der Waals surface area contributed by atoms with Gasteiger partial charge < -0.3 is 10.1 Å². The van der Waals surface area contributed by atoms with E-state index in [2.05, 4.69) is 12.2 Å². The van der Waals surface area contributed by atoms with Crippen molar-refractivity contribution < 1.29 is 4.74 Å². The Morgan fingerprint density at radius 2 is 2.26 bits per heavy atom. The first-order valence-corrected chi connectivity index (χ1v) is 7.71. The lowest BCUT2D eigenvalue weighted by atomic mass is 9.92. The number of hydrogen-bond acceptors (Lipinski definition) is 2. The Kier molecular flexibility index (Phi) is 5.96. The fraction of sp³-hybridized carbons (Fsp3) is 0.600. The third-order valence-electron chi connectivity index (χ3n) is 3.65. The predicted octanol–water partition coefficient (Wildman–Crippen LogP) is 3.94. The van der Waals surface area contributed by atoms with E-state index < -0.39 is 0 Å². The van der Waals surface area contributed by atoms with Crippen LogP contribution >= 0.6 is 23.2 Å². The maximum atomic E-state index is 6.27. The summed E-state index contributed by atoms with van der Waals surface area (Å²) in [4.78, 5) is 0. The second-order valence-electron chi connectivity index (χ2n) is 5.12. The minimum absolute atomic E-state index is 0.432. The van der Waals surface area contributed by atoms with E-state index in [9.17, 15) is 0 Å². The SMILES string of the molecule is CCCNC(Cc1ccc(Cl)cc1Cl)C1CCOC1. The lowest BCUT2D eigenvalue weighted by molar-refractivity contribution is 0.176. The summed E-state index contributed by atoms with van der Waals surface area (Å²) in [6.07, 6.45) is 3.20. The number of benzene rings is 1. The van der Waals surface area contributed by atoms with Crippen LogP contribution in [0.2, 0.25) is 10.0 Å². The molecule has 2 rings (SSSR count). The highest BCUT2D eigenvalue weighted by molar-refractivity contribution is 6.35. The molecule has 106 valence electrons. The maximum Gasteiger partial charge on any atom is 0.0510 e. The van der Waals surface area contributed by atoms with Crippen LogP contribution < -0.4 is 5.32 Å². The molecule has 1 aliphatic rings. The minimum Gasteiger partial charge on any atom is -0.381 e. The molecule has 1 aliphatic heterocycles. The maximum absolute atomic E-state index is 6.27. The van der Waals surface area contributed by atoms with E-state index in [4.69, 9.17) is 27.9 Å². The van der Waals surface area contributed by atoms with Gasteiger partial charge in [0.1, 0.15) is 0 Å². The van der Waals surface area contributed by atoms with Crippen LogP contribution in [0.25, 0.3) is 0 Å². The molecule has 2 nitrogen and oxygen atoms in total. The zero-order chi connectivity index (χ0) is 13.7. The quantitative estimate of drug-likeness (QED) is 0.859. The smallest absolute Gasteiger partial charge is 0.0510 e. The summed E-state index contributed by atoms with van der Waals surface area (Å²) in [6.45, 7) is 4.95. The number of ether oxygens (including phenoxy) is 1. The van der Waals surface area contributed by atoms with E-state index >= 15 is 0 Å². The van der Waals surface area contributed by atoms with Crippen molar-refractivity contribution in [2.24, 2.45) is 5.92 Å². The average molecular weight is 302 g/mol. The molecular weight excluding hydrogens is 281 g/mol. The summed E-state index contributed by atoms with van der Waals surface area (Å²) in [5, 5.41) is 5.08. The summed E-state index contributed by atoms with van der Waals surface area (Å²) < 4.78 is 5.51. The number of halogens is 2. The van der Waals surface area contributed by atoms with Crippen molar-refractivity contribution in [2.75, 3.05) is 19.8 Å². The lowest BCUT2D eigenvalue weighted by Gasteiger charge is -2.24. The topological polar surface area (TPSA) is 21.3 Å². The summed E-state index contributed by atoms with van der Waals surface area (Å²) in [5.74, 6) is 0.582. The normalized spacial score (nSPS) is 20.7. The Morgan fingerprint density at radius 1 is 1.42 bits per heavy atom. The first-order chi connectivity index (χ1) is 9.20. The molecule has 19 heavy (non-hydrogen) atoms. The van der Waals surface area contributed by atoms with E-state index in [-0.39, 0.29) is 0 Å². The third-order valence-corrected chi connectivity index (χ3v) is 4.23. The van der Waals surface area contributed by atoms with Gasteiger partial charge in [0, 0.05) is 28.6 Å². The van der Waals surface area contributed by atoms with Crippen molar-refractivity contribution in [3.63, 3.8) is 0 Å². The number of hydrogen-bond donors (Lipinski definition) is 1. The van der Waals surface area contributed by atoms with Gasteiger partial charge in [-0.15, -0.1) is 0 Å². The van der Waals surface area contributed by atoms with Gasteiger partial charge in [-0.1, -0.05) is 36.2 Å². The van der Waals surface area contributed by atoms with Gasteiger partial charge in [-0.2, -0.15) is 0 Å². The standard InChI is InChI=1S/C15H21Cl2NO/c1-2-6-18-15(12-5-7-19-10-12)8-11-3-4-13(16)9-14(11)17/h3-4,9,12,15,18H,2,5-8,10H2,1H3. The Morgan fingerprint density at radius 3 is 2.89 bits per heavy atom. The second-order valence-corrected chi connectivity index (χ2v) is 5.97. The summed E-state index contributed by atoms with van der Waals surface area (Å²) in [6, 6.07) is 6.19. The molecule has 1 fully saturated rings. The van der Waals surface area contributed by atoms with Gasteiger partial charge in [0.2, 0.25) is 0 Å². The Bertz CT molecular complexity index is 405. The molecule has 1 aromatic rings. The molecule has 1 N–H and O–H groups in total. The Hall–Kier alpha value is -0.280. The van der Waals surface area contributed by atoms with Crippen LogP contribution in [-0.2, 0) is 11.2 Å². The number of rotatable bonds is 6. The van der Waals surface area contributed by atoms with Crippen LogP contribution in [0.4, 0.5) is 0 Å². The molecule has 0 bridgehead atoms. The van der Waals surface area contributed by atoms with Crippen molar-refractivity contribution in [3.05, 3.63) is 33.8 Å². The first-order valence-electron chi connectivity index (χ1n) is 6.95. The van der Waals surface area contributed by atoms with Crippen molar-refractivity contribution >= 4 is 23.2 Å². The highest BCUT2D eigenvalue weighted by Gasteiger charge is 2.25. The van der Waals surface area contributed by atoms with E-state index in [0.29, 0.717) is 17.0 Å². The molecule has 1 heterocycles. The van der Waals surface area contributed by atoms with Crippen molar-refractivity contribution in [3.8, 4) is 0 Å². The number of nitrogens with one attached hydrogen (secondary N) is 1. The molecule has 0 aromatic heterocycles. The second kappa shape index (κ2) is 7.49.